The molecule has 0 bridgehead atoms. The van der Waals surface area contributed by atoms with E-state index in [1.165, 1.54) is 4.90 Å². The number of halogens is 1. The highest BCUT2D eigenvalue weighted by atomic mass is 35.5. The minimum absolute atomic E-state index is 0.111. The normalized spacial score (nSPS) is 10.0. The van der Waals surface area contributed by atoms with E-state index in [-0.39, 0.29) is 18.4 Å². The Morgan fingerprint density at radius 2 is 1.74 bits per heavy atom. The Kier molecular flexibility index (Phi) is 5.60. The molecule has 5 nitrogen and oxygen atoms in total. The standard InChI is InChI=1S/C17H18ClN3O2/c1-21(2)17(23)12-4-3-5-15(10-12)20-16(22)11-19-14-8-6-13(18)7-9-14/h3-10,19H,11H2,1-2H3,(H,20,22). The Hall–Kier alpha value is -2.53. The summed E-state index contributed by atoms with van der Waals surface area (Å²) < 4.78 is 0. The summed E-state index contributed by atoms with van der Waals surface area (Å²) in [5.74, 6) is -0.310. The predicted octanol–water partition coefficient (Wildman–Crippen LogP) is 3.09. The molecule has 120 valence electrons. The van der Waals surface area contributed by atoms with Crippen molar-refractivity contribution < 1.29 is 9.59 Å². The van der Waals surface area contributed by atoms with Gasteiger partial charge in [0.15, 0.2) is 0 Å². The van der Waals surface area contributed by atoms with Crippen LogP contribution in [0.25, 0.3) is 0 Å². The lowest BCUT2D eigenvalue weighted by atomic mass is 10.2. The first-order valence-corrected chi connectivity index (χ1v) is 7.44. The van der Waals surface area contributed by atoms with Crippen molar-refractivity contribution in [3.05, 3.63) is 59.1 Å². The zero-order chi connectivity index (χ0) is 16.8. The van der Waals surface area contributed by atoms with E-state index in [1.807, 2.05) is 0 Å². The number of benzene rings is 2. The second kappa shape index (κ2) is 7.65. The maximum atomic E-state index is 12.0. The van der Waals surface area contributed by atoms with E-state index >= 15 is 0 Å². The van der Waals surface area contributed by atoms with Crippen LogP contribution in [0.2, 0.25) is 5.02 Å². The van der Waals surface area contributed by atoms with Gasteiger partial charge < -0.3 is 15.5 Å². The van der Waals surface area contributed by atoms with Crippen LogP contribution in [0.1, 0.15) is 10.4 Å². The highest BCUT2D eigenvalue weighted by molar-refractivity contribution is 6.30. The summed E-state index contributed by atoms with van der Waals surface area (Å²) in [7, 11) is 3.37. The third-order valence-corrected chi connectivity index (χ3v) is 3.35. The Bertz CT molecular complexity index is 699. The van der Waals surface area contributed by atoms with E-state index < -0.39 is 0 Å². The molecule has 23 heavy (non-hydrogen) atoms. The molecule has 0 spiro atoms. The van der Waals surface area contributed by atoms with Crippen molar-refractivity contribution in [2.24, 2.45) is 0 Å². The summed E-state index contributed by atoms with van der Waals surface area (Å²) in [4.78, 5) is 25.4. The fraction of sp³-hybridized carbons (Fsp3) is 0.176. The Morgan fingerprint density at radius 3 is 2.39 bits per heavy atom. The molecule has 0 aliphatic heterocycles. The van der Waals surface area contributed by atoms with Crippen LogP contribution in [0.15, 0.2) is 48.5 Å². The summed E-state index contributed by atoms with van der Waals surface area (Å²) in [5, 5.41) is 6.40. The Labute approximate surface area is 140 Å². The van der Waals surface area contributed by atoms with Crippen LogP contribution in [-0.2, 0) is 4.79 Å². The number of nitrogens with one attached hydrogen (secondary N) is 2. The van der Waals surface area contributed by atoms with Gasteiger partial charge in [0.1, 0.15) is 0 Å². The van der Waals surface area contributed by atoms with Gasteiger partial charge in [-0.1, -0.05) is 17.7 Å². The molecule has 0 aliphatic rings. The van der Waals surface area contributed by atoms with Gasteiger partial charge >= 0.3 is 0 Å². The van der Waals surface area contributed by atoms with E-state index in [2.05, 4.69) is 10.6 Å². The first-order valence-electron chi connectivity index (χ1n) is 7.07. The van der Waals surface area contributed by atoms with E-state index in [0.717, 1.165) is 5.69 Å². The molecule has 6 heteroatoms. The predicted molar refractivity (Wildman–Crippen MR) is 93.0 cm³/mol. The van der Waals surface area contributed by atoms with E-state index in [0.29, 0.717) is 16.3 Å². The van der Waals surface area contributed by atoms with Crippen LogP contribution in [0.3, 0.4) is 0 Å². The third-order valence-electron chi connectivity index (χ3n) is 3.10. The molecule has 0 unspecified atom stereocenters. The summed E-state index contributed by atoms with van der Waals surface area (Å²) in [5.41, 5.74) is 1.92. The molecule has 2 aromatic carbocycles. The molecule has 2 amide bonds. The van der Waals surface area contributed by atoms with Gasteiger partial charge in [-0.25, -0.2) is 0 Å². The van der Waals surface area contributed by atoms with Gasteiger partial charge in [0.25, 0.3) is 5.91 Å². The average Bonchev–Trinajstić information content (AvgIpc) is 2.53. The largest absolute Gasteiger partial charge is 0.376 e. The molecule has 0 saturated carbocycles. The Morgan fingerprint density at radius 1 is 1.04 bits per heavy atom. The minimum atomic E-state index is -0.200. The number of nitrogens with zero attached hydrogens (tertiary/aromatic N) is 1. The van der Waals surface area contributed by atoms with Crippen molar-refractivity contribution in [1.29, 1.82) is 0 Å². The SMILES string of the molecule is CN(C)C(=O)c1cccc(NC(=O)CNc2ccc(Cl)cc2)c1. The van der Waals surface area contributed by atoms with Gasteiger partial charge in [0.2, 0.25) is 5.91 Å². The summed E-state index contributed by atoms with van der Waals surface area (Å²) in [6, 6.07) is 13.9. The number of carbonyl (C=O) groups is 2. The molecule has 0 radical (unpaired) electrons. The van der Waals surface area contributed by atoms with Crippen molar-refractivity contribution in [3.63, 3.8) is 0 Å². The van der Waals surface area contributed by atoms with E-state index in [1.54, 1.807) is 62.6 Å². The lowest BCUT2D eigenvalue weighted by molar-refractivity contribution is -0.114. The number of hydrogen-bond acceptors (Lipinski definition) is 3. The molecule has 0 fully saturated rings. The smallest absolute Gasteiger partial charge is 0.253 e. The van der Waals surface area contributed by atoms with Crippen molar-refractivity contribution in [2.75, 3.05) is 31.3 Å². The van der Waals surface area contributed by atoms with Gasteiger partial charge in [0.05, 0.1) is 6.54 Å². The minimum Gasteiger partial charge on any atom is -0.376 e. The molecule has 0 aromatic heterocycles. The van der Waals surface area contributed by atoms with Gasteiger partial charge in [-0.05, 0) is 42.5 Å². The highest BCUT2D eigenvalue weighted by Crippen LogP contribution is 2.14. The fourth-order valence-corrected chi connectivity index (χ4v) is 2.07. The van der Waals surface area contributed by atoms with Crippen LogP contribution < -0.4 is 10.6 Å². The second-order valence-electron chi connectivity index (χ2n) is 5.19. The molecule has 2 rings (SSSR count). The topological polar surface area (TPSA) is 61.4 Å². The molecule has 0 saturated heterocycles. The maximum absolute atomic E-state index is 12.0. The number of hydrogen-bond donors (Lipinski definition) is 2. The average molecular weight is 332 g/mol. The van der Waals surface area contributed by atoms with Crippen LogP contribution in [0, 0.1) is 0 Å². The van der Waals surface area contributed by atoms with Crippen molar-refractivity contribution >= 4 is 34.8 Å². The molecule has 0 atom stereocenters. The molecule has 2 aromatic rings. The Balaban J connectivity index is 1.93. The lowest BCUT2D eigenvalue weighted by Crippen LogP contribution is -2.23. The van der Waals surface area contributed by atoms with Crippen molar-refractivity contribution in [1.82, 2.24) is 4.90 Å². The van der Waals surface area contributed by atoms with E-state index in [4.69, 9.17) is 11.6 Å². The molecule has 0 aliphatic carbocycles. The number of anilines is 2. The van der Waals surface area contributed by atoms with Gasteiger partial charge in [0, 0.05) is 36.1 Å². The van der Waals surface area contributed by atoms with Crippen LogP contribution >= 0.6 is 11.6 Å². The number of amides is 2. The summed E-state index contributed by atoms with van der Waals surface area (Å²) in [6.07, 6.45) is 0. The monoisotopic (exact) mass is 331 g/mol. The molecular formula is C17H18ClN3O2. The van der Waals surface area contributed by atoms with Crippen molar-refractivity contribution in [2.45, 2.75) is 0 Å². The fourth-order valence-electron chi connectivity index (χ4n) is 1.94. The van der Waals surface area contributed by atoms with Crippen LogP contribution in [0.5, 0.6) is 0 Å². The lowest BCUT2D eigenvalue weighted by Gasteiger charge is -2.12. The summed E-state index contributed by atoms with van der Waals surface area (Å²) >= 11 is 5.81. The highest BCUT2D eigenvalue weighted by Gasteiger charge is 2.09. The summed E-state index contributed by atoms with van der Waals surface area (Å²) in [6.45, 7) is 0.119. The van der Waals surface area contributed by atoms with Crippen LogP contribution in [-0.4, -0.2) is 37.4 Å². The van der Waals surface area contributed by atoms with Crippen LogP contribution in [0.4, 0.5) is 11.4 Å². The molecule has 0 heterocycles. The number of rotatable bonds is 5. The molecular weight excluding hydrogens is 314 g/mol. The van der Waals surface area contributed by atoms with Gasteiger partial charge in [-0.3, -0.25) is 9.59 Å². The van der Waals surface area contributed by atoms with Gasteiger partial charge in [-0.15, -0.1) is 0 Å². The molecule has 2 N–H and O–H groups in total. The quantitative estimate of drug-likeness (QED) is 0.885. The van der Waals surface area contributed by atoms with Crippen molar-refractivity contribution in [3.8, 4) is 0 Å². The number of carbonyl (C=O) groups excluding carboxylic acids is 2. The second-order valence-corrected chi connectivity index (χ2v) is 5.63. The third kappa shape index (κ3) is 5.00. The first kappa shape index (κ1) is 16.8. The van der Waals surface area contributed by atoms with Gasteiger partial charge in [-0.2, -0.15) is 0 Å². The zero-order valence-electron chi connectivity index (χ0n) is 13.0. The maximum Gasteiger partial charge on any atom is 0.253 e. The zero-order valence-corrected chi connectivity index (χ0v) is 13.7. The van der Waals surface area contributed by atoms with E-state index in [9.17, 15) is 9.59 Å². The first-order chi connectivity index (χ1) is 11.0.